The van der Waals surface area contributed by atoms with Gasteiger partial charge in [0.15, 0.2) is 5.60 Å². The second-order valence-corrected chi connectivity index (χ2v) is 9.47. The van der Waals surface area contributed by atoms with Crippen molar-refractivity contribution in [2.24, 2.45) is 5.10 Å². The molecule has 4 aromatic rings. The molecule has 0 bridgehead atoms. The number of ether oxygens (including phenoxy) is 1. The van der Waals surface area contributed by atoms with Gasteiger partial charge in [-0.25, -0.2) is 5.43 Å². The van der Waals surface area contributed by atoms with Gasteiger partial charge in [0.25, 0.3) is 5.91 Å². The first-order chi connectivity index (χ1) is 17.8. The molecule has 0 aromatic heterocycles. The van der Waals surface area contributed by atoms with Crippen molar-refractivity contribution in [1.29, 1.82) is 0 Å². The highest BCUT2D eigenvalue weighted by Crippen LogP contribution is 2.30. The van der Waals surface area contributed by atoms with E-state index in [2.05, 4.69) is 10.5 Å². The summed E-state index contributed by atoms with van der Waals surface area (Å²) in [7, 11) is -2.59. The average molecular weight is 517 g/mol. The molecule has 4 rings (SSSR count). The fourth-order valence-electron chi connectivity index (χ4n) is 3.60. The number of hydrogen-bond acceptors (Lipinski definition) is 7. The predicted octanol–water partition coefficient (Wildman–Crippen LogP) is 3.85. The fraction of sp³-hybridized carbons (Fsp3) is 0.0714. The van der Waals surface area contributed by atoms with Crippen LogP contribution in [0.4, 0.5) is 0 Å². The SMILES string of the molecule is COc1ccc(S(=O)(=O)Oc2cccc(/C=N\NC(=O)C(O)(c3ccccc3)c3ccccc3)c2)cc1. The highest BCUT2D eigenvalue weighted by atomic mass is 32.2. The van der Waals surface area contributed by atoms with E-state index in [4.69, 9.17) is 8.92 Å². The van der Waals surface area contributed by atoms with Crippen LogP contribution in [0.15, 0.2) is 119 Å². The Labute approximate surface area is 214 Å². The Hall–Kier alpha value is -4.47. The summed E-state index contributed by atoms with van der Waals surface area (Å²) < 4.78 is 35.5. The Kier molecular flexibility index (Phi) is 7.66. The highest BCUT2D eigenvalue weighted by Gasteiger charge is 2.39. The molecule has 188 valence electrons. The van der Waals surface area contributed by atoms with Crippen molar-refractivity contribution >= 4 is 22.2 Å². The van der Waals surface area contributed by atoms with Crippen molar-refractivity contribution in [2.75, 3.05) is 7.11 Å². The van der Waals surface area contributed by atoms with E-state index in [9.17, 15) is 18.3 Å². The second kappa shape index (κ2) is 11.1. The number of rotatable bonds is 9. The molecule has 0 spiro atoms. The third kappa shape index (κ3) is 5.85. The number of aliphatic hydroxyl groups is 1. The van der Waals surface area contributed by atoms with E-state index in [0.29, 0.717) is 22.4 Å². The van der Waals surface area contributed by atoms with Gasteiger partial charge >= 0.3 is 10.1 Å². The number of nitrogens with one attached hydrogen (secondary N) is 1. The number of hydrazone groups is 1. The van der Waals surface area contributed by atoms with Crippen LogP contribution >= 0.6 is 0 Å². The van der Waals surface area contributed by atoms with E-state index >= 15 is 0 Å². The van der Waals surface area contributed by atoms with Gasteiger partial charge in [0.1, 0.15) is 16.4 Å². The normalized spacial score (nSPS) is 11.7. The van der Waals surface area contributed by atoms with Gasteiger partial charge in [0, 0.05) is 0 Å². The Morgan fingerprint density at radius 2 is 1.43 bits per heavy atom. The largest absolute Gasteiger partial charge is 0.497 e. The monoisotopic (exact) mass is 516 g/mol. The maximum Gasteiger partial charge on any atom is 0.339 e. The molecular formula is C28H24N2O6S. The summed E-state index contributed by atoms with van der Waals surface area (Å²) in [6, 6.07) is 29.1. The van der Waals surface area contributed by atoms with Crippen LogP contribution in [0, 0.1) is 0 Å². The molecule has 0 heterocycles. The van der Waals surface area contributed by atoms with Crippen LogP contribution in [0.5, 0.6) is 11.5 Å². The molecule has 8 nitrogen and oxygen atoms in total. The smallest absolute Gasteiger partial charge is 0.339 e. The lowest BCUT2D eigenvalue weighted by molar-refractivity contribution is -0.136. The van der Waals surface area contributed by atoms with Gasteiger partial charge in [-0.2, -0.15) is 13.5 Å². The number of benzene rings is 4. The first-order valence-corrected chi connectivity index (χ1v) is 12.6. The molecule has 0 atom stereocenters. The molecule has 2 N–H and O–H groups in total. The number of carbonyl (C=O) groups is 1. The zero-order valence-electron chi connectivity index (χ0n) is 19.8. The van der Waals surface area contributed by atoms with Crippen LogP contribution in [0.2, 0.25) is 0 Å². The zero-order chi connectivity index (χ0) is 26.3. The predicted molar refractivity (Wildman–Crippen MR) is 139 cm³/mol. The molecule has 4 aromatic carbocycles. The van der Waals surface area contributed by atoms with E-state index < -0.39 is 21.6 Å². The van der Waals surface area contributed by atoms with Crippen LogP contribution in [0.1, 0.15) is 16.7 Å². The van der Waals surface area contributed by atoms with Crippen molar-refractivity contribution in [3.8, 4) is 11.5 Å². The molecule has 1 amide bonds. The molecule has 0 radical (unpaired) electrons. The summed E-state index contributed by atoms with van der Waals surface area (Å²) in [4.78, 5) is 13.1. The quantitative estimate of drug-likeness (QED) is 0.198. The third-order valence-corrected chi connectivity index (χ3v) is 6.76. The standard InChI is InChI=1S/C28H24N2O6S/c1-35-24-15-17-26(18-16-24)37(33,34)36-25-14-8-9-21(19-25)20-29-30-27(31)28(32,22-10-4-2-5-11-22)23-12-6-3-7-13-23/h2-20,32H,1H3,(H,30,31)/b29-20-. The van der Waals surface area contributed by atoms with Gasteiger partial charge in [-0.05, 0) is 53.1 Å². The van der Waals surface area contributed by atoms with E-state index in [1.807, 2.05) is 0 Å². The minimum absolute atomic E-state index is 0.0271. The first-order valence-electron chi connectivity index (χ1n) is 11.2. The Morgan fingerprint density at radius 3 is 2.00 bits per heavy atom. The Balaban J connectivity index is 1.50. The number of methoxy groups -OCH3 is 1. The van der Waals surface area contributed by atoms with Crippen LogP contribution < -0.4 is 14.3 Å². The Morgan fingerprint density at radius 1 is 0.838 bits per heavy atom. The third-order valence-electron chi connectivity index (χ3n) is 5.50. The summed E-state index contributed by atoms with van der Waals surface area (Å²) in [6.07, 6.45) is 1.32. The van der Waals surface area contributed by atoms with Crippen molar-refractivity contribution in [2.45, 2.75) is 10.5 Å². The van der Waals surface area contributed by atoms with E-state index in [1.165, 1.54) is 49.7 Å². The zero-order valence-corrected chi connectivity index (χ0v) is 20.6. The van der Waals surface area contributed by atoms with Crippen LogP contribution in [0.3, 0.4) is 0 Å². The molecule has 37 heavy (non-hydrogen) atoms. The van der Waals surface area contributed by atoms with Gasteiger partial charge in [0.2, 0.25) is 0 Å². The van der Waals surface area contributed by atoms with Crippen LogP contribution in [-0.4, -0.2) is 32.8 Å². The lowest BCUT2D eigenvalue weighted by atomic mass is 9.85. The lowest BCUT2D eigenvalue weighted by Crippen LogP contribution is -2.43. The van der Waals surface area contributed by atoms with Crippen molar-refractivity contribution in [1.82, 2.24) is 5.43 Å². The number of carbonyl (C=O) groups excluding carboxylic acids is 1. The molecule has 0 fully saturated rings. The molecule has 0 aliphatic rings. The summed E-state index contributed by atoms with van der Waals surface area (Å²) in [6.45, 7) is 0. The minimum Gasteiger partial charge on any atom is -0.497 e. The Bertz CT molecular complexity index is 1450. The maximum atomic E-state index is 13.1. The minimum atomic E-state index is -4.07. The molecule has 9 heteroatoms. The van der Waals surface area contributed by atoms with Crippen LogP contribution in [0.25, 0.3) is 0 Å². The molecule has 0 aliphatic heterocycles. The van der Waals surface area contributed by atoms with Crippen molar-refractivity contribution in [3.05, 3.63) is 126 Å². The van der Waals surface area contributed by atoms with E-state index in [1.54, 1.807) is 72.8 Å². The molecule has 0 saturated carbocycles. The molecule has 0 aliphatic carbocycles. The van der Waals surface area contributed by atoms with Crippen LogP contribution in [-0.2, 0) is 20.5 Å². The first kappa shape index (κ1) is 25.6. The number of nitrogens with zero attached hydrogens (tertiary/aromatic N) is 1. The van der Waals surface area contributed by atoms with Crippen molar-refractivity contribution < 1.29 is 27.2 Å². The van der Waals surface area contributed by atoms with Crippen molar-refractivity contribution in [3.63, 3.8) is 0 Å². The molecule has 0 saturated heterocycles. The number of amides is 1. The fourth-order valence-corrected chi connectivity index (χ4v) is 4.52. The maximum absolute atomic E-state index is 13.1. The van der Waals surface area contributed by atoms with E-state index in [-0.39, 0.29) is 10.6 Å². The molecule has 0 unspecified atom stereocenters. The highest BCUT2D eigenvalue weighted by molar-refractivity contribution is 7.87. The average Bonchev–Trinajstić information content (AvgIpc) is 2.93. The lowest BCUT2D eigenvalue weighted by Gasteiger charge is -2.27. The second-order valence-electron chi connectivity index (χ2n) is 7.93. The summed E-state index contributed by atoms with van der Waals surface area (Å²) in [5, 5.41) is 15.4. The molecular weight excluding hydrogens is 492 g/mol. The van der Waals surface area contributed by atoms with Gasteiger partial charge in [-0.1, -0.05) is 72.8 Å². The summed E-state index contributed by atoms with van der Waals surface area (Å²) >= 11 is 0. The topological polar surface area (TPSA) is 114 Å². The van der Waals surface area contributed by atoms with E-state index in [0.717, 1.165) is 0 Å². The van der Waals surface area contributed by atoms with Gasteiger partial charge in [0.05, 0.1) is 13.3 Å². The summed E-state index contributed by atoms with van der Waals surface area (Å²) in [5.74, 6) is -0.169. The summed E-state index contributed by atoms with van der Waals surface area (Å²) in [5.41, 5.74) is 1.64. The van der Waals surface area contributed by atoms with Gasteiger partial charge < -0.3 is 14.0 Å². The number of hydrogen-bond donors (Lipinski definition) is 2. The van der Waals surface area contributed by atoms with Gasteiger partial charge in [-0.15, -0.1) is 0 Å². The van der Waals surface area contributed by atoms with Gasteiger partial charge in [-0.3, -0.25) is 4.79 Å².